The van der Waals surface area contributed by atoms with Crippen LogP contribution in [-0.4, -0.2) is 6.61 Å². The summed E-state index contributed by atoms with van der Waals surface area (Å²) in [6.07, 6.45) is 1.68. The van der Waals surface area contributed by atoms with Crippen LogP contribution in [0.1, 0.15) is 12.0 Å². The van der Waals surface area contributed by atoms with Crippen LogP contribution in [0.5, 0.6) is 5.75 Å². The van der Waals surface area contributed by atoms with E-state index in [4.69, 9.17) is 10.5 Å². The molecule has 0 amide bonds. The summed E-state index contributed by atoms with van der Waals surface area (Å²) < 4.78 is 19.6. The minimum absolute atomic E-state index is 0.288. The minimum Gasteiger partial charge on any atom is -0.491 e. The Balaban J connectivity index is 1.81. The van der Waals surface area contributed by atoms with Gasteiger partial charge in [-0.3, -0.25) is 0 Å². The molecular weight excluding hydrogens is 309 g/mol. The van der Waals surface area contributed by atoms with Crippen molar-refractivity contribution in [2.45, 2.75) is 12.8 Å². The van der Waals surface area contributed by atoms with Crippen LogP contribution in [0.4, 0.5) is 10.1 Å². The topological polar surface area (TPSA) is 35.2 Å². The molecule has 0 saturated carbocycles. The Bertz CT molecular complexity index is 560. The molecule has 0 aliphatic heterocycles. The zero-order chi connectivity index (χ0) is 13.7. The van der Waals surface area contributed by atoms with Crippen LogP contribution in [0.15, 0.2) is 46.9 Å². The molecule has 0 aliphatic rings. The van der Waals surface area contributed by atoms with Gasteiger partial charge in [0.2, 0.25) is 0 Å². The lowest BCUT2D eigenvalue weighted by atomic mass is 10.1. The average molecular weight is 324 g/mol. The molecule has 0 aliphatic carbocycles. The first-order valence-electron chi connectivity index (χ1n) is 6.07. The van der Waals surface area contributed by atoms with Gasteiger partial charge in [0.25, 0.3) is 0 Å². The van der Waals surface area contributed by atoms with Gasteiger partial charge in [-0.05, 0) is 48.7 Å². The monoisotopic (exact) mass is 323 g/mol. The summed E-state index contributed by atoms with van der Waals surface area (Å²) in [5.74, 6) is -0.0610. The lowest BCUT2D eigenvalue weighted by Gasteiger charge is -2.07. The number of aryl methyl sites for hydroxylation is 1. The van der Waals surface area contributed by atoms with Crippen molar-refractivity contribution in [1.29, 1.82) is 0 Å². The quantitative estimate of drug-likeness (QED) is 0.661. The molecule has 0 spiro atoms. The highest BCUT2D eigenvalue weighted by Crippen LogP contribution is 2.21. The average Bonchev–Trinajstić information content (AvgIpc) is 2.37. The Kier molecular flexibility index (Phi) is 4.80. The molecule has 2 nitrogen and oxygen atoms in total. The van der Waals surface area contributed by atoms with Gasteiger partial charge in [-0.15, -0.1) is 0 Å². The number of halogens is 2. The van der Waals surface area contributed by atoms with Crippen LogP contribution in [0.2, 0.25) is 0 Å². The van der Waals surface area contributed by atoms with Gasteiger partial charge in [0.05, 0.1) is 6.61 Å². The first-order chi connectivity index (χ1) is 9.15. The fourth-order valence-corrected chi connectivity index (χ4v) is 2.13. The zero-order valence-corrected chi connectivity index (χ0v) is 12.0. The number of anilines is 1. The largest absolute Gasteiger partial charge is 0.491 e. The highest BCUT2D eigenvalue weighted by molar-refractivity contribution is 9.10. The van der Waals surface area contributed by atoms with E-state index in [1.54, 1.807) is 12.1 Å². The molecule has 2 N–H and O–H groups in total. The number of benzene rings is 2. The summed E-state index contributed by atoms with van der Waals surface area (Å²) in [5.41, 5.74) is 7.63. The summed E-state index contributed by atoms with van der Waals surface area (Å²) in [6.45, 7) is 0.480. The zero-order valence-electron chi connectivity index (χ0n) is 10.4. The molecule has 19 heavy (non-hydrogen) atoms. The van der Waals surface area contributed by atoms with Crippen molar-refractivity contribution in [3.8, 4) is 5.75 Å². The fourth-order valence-electron chi connectivity index (χ4n) is 1.80. The second-order valence-electron chi connectivity index (χ2n) is 4.27. The van der Waals surface area contributed by atoms with Crippen LogP contribution < -0.4 is 10.5 Å². The summed E-state index contributed by atoms with van der Waals surface area (Å²) >= 11 is 3.21. The molecule has 0 heterocycles. The molecular formula is C15H15BrFNO. The SMILES string of the molecule is Nc1cccc(CCCOc2ccc(Br)cc2F)c1. The van der Waals surface area contributed by atoms with Gasteiger partial charge in [0.1, 0.15) is 0 Å². The fraction of sp³-hybridized carbons (Fsp3) is 0.200. The number of nitrogen functional groups attached to an aromatic ring is 1. The molecule has 0 aromatic heterocycles. The van der Waals surface area contributed by atoms with E-state index in [1.807, 2.05) is 24.3 Å². The van der Waals surface area contributed by atoms with Gasteiger partial charge in [-0.1, -0.05) is 28.1 Å². The van der Waals surface area contributed by atoms with Crippen molar-refractivity contribution in [3.05, 3.63) is 58.3 Å². The predicted octanol–water partition coefficient (Wildman–Crippen LogP) is 4.18. The number of hydrogen-bond acceptors (Lipinski definition) is 2. The van der Waals surface area contributed by atoms with E-state index >= 15 is 0 Å². The molecule has 0 radical (unpaired) electrons. The maximum absolute atomic E-state index is 13.5. The van der Waals surface area contributed by atoms with E-state index < -0.39 is 0 Å². The Morgan fingerprint density at radius 3 is 2.74 bits per heavy atom. The van der Waals surface area contributed by atoms with E-state index in [-0.39, 0.29) is 11.6 Å². The van der Waals surface area contributed by atoms with Crippen molar-refractivity contribution in [2.75, 3.05) is 12.3 Å². The predicted molar refractivity (Wildman–Crippen MR) is 78.8 cm³/mol. The molecule has 2 aromatic rings. The molecule has 0 bridgehead atoms. The van der Waals surface area contributed by atoms with Gasteiger partial charge in [-0.25, -0.2) is 4.39 Å². The first kappa shape index (κ1) is 13.9. The second-order valence-corrected chi connectivity index (χ2v) is 5.19. The third-order valence-electron chi connectivity index (χ3n) is 2.71. The summed E-state index contributed by atoms with van der Waals surface area (Å²) in [4.78, 5) is 0. The summed E-state index contributed by atoms with van der Waals surface area (Å²) in [5, 5.41) is 0. The van der Waals surface area contributed by atoms with Gasteiger partial charge >= 0.3 is 0 Å². The van der Waals surface area contributed by atoms with Gasteiger partial charge in [-0.2, -0.15) is 0 Å². The highest BCUT2D eigenvalue weighted by Gasteiger charge is 2.03. The molecule has 100 valence electrons. The van der Waals surface area contributed by atoms with Gasteiger partial charge in [0, 0.05) is 10.2 Å². The van der Waals surface area contributed by atoms with E-state index in [0.29, 0.717) is 11.1 Å². The second kappa shape index (κ2) is 6.57. The Labute approximate surface area is 120 Å². The number of rotatable bonds is 5. The Hall–Kier alpha value is -1.55. The smallest absolute Gasteiger partial charge is 0.166 e. The molecule has 0 saturated heterocycles. The molecule has 0 atom stereocenters. The first-order valence-corrected chi connectivity index (χ1v) is 6.87. The third kappa shape index (κ3) is 4.24. The summed E-state index contributed by atoms with van der Waals surface area (Å²) in [6, 6.07) is 12.5. The van der Waals surface area contributed by atoms with Crippen molar-refractivity contribution in [1.82, 2.24) is 0 Å². The van der Waals surface area contributed by atoms with Crippen LogP contribution in [0.25, 0.3) is 0 Å². The van der Waals surface area contributed by atoms with Crippen LogP contribution >= 0.6 is 15.9 Å². The van der Waals surface area contributed by atoms with Crippen LogP contribution in [0.3, 0.4) is 0 Å². The van der Waals surface area contributed by atoms with Gasteiger partial charge < -0.3 is 10.5 Å². The highest BCUT2D eigenvalue weighted by atomic mass is 79.9. The maximum atomic E-state index is 13.5. The van der Waals surface area contributed by atoms with Crippen molar-refractivity contribution >= 4 is 21.6 Å². The lowest BCUT2D eigenvalue weighted by molar-refractivity contribution is 0.295. The summed E-state index contributed by atoms with van der Waals surface area (Å²) in [7, 11) is 0. The molecule has 2 rings (SSSR count). The van der Waals surface area contributed by atoms with Crippen LogP contribution in [0, 0.1) is 5.82 Å². The van der Waals surface area contributed by atoms with E-state index in [9.17, 15) is 4.39 Å². The molecule has 2 aromatic carbocycles. The number of ether oxygens (including phenoxy) is 1. The normalized spacial score (nSPS) is 10.4. The van der Waals surface area contributed by atoms with Gasteiger partial charge in [0.15, 0.2) is 11.6 Å². The van der Waals surface area contributed by atoms with Crippen molar-refractivity contribution < 1.29 is 9.13 Å². The minimum atomic E-state index is -0.349. The maximum Gasteiger partial charge on any atom is 0.166 e. The van der Waals surface area contributed by atoms with E-state index in [0.717, 1.165) is 18.5 Å². The standard InChI is InChI=1S/C15H15BrFNO/c16-12-6-7-15(14(17)10-12)19-8-2-4-11-3-1-5-13(18)9-11/h1,3,5-7,9-10H,2,4,8,18H2. The van der Waals surface area contributed by atoms with Crippen molar-refractivity contribution in [2.24, 2.45) is 0 Å². The third-order valence-corrected chi connectivity index (χ3v) is 3.21. The lowest BCUT2D eigenvalue weighted by Crippen LogP contribution is -2.01. The van der Waals surface area contributed by atoms with Crippen molar-refractivity contribution in [3.63, 3.8) is 0 Å². The number of nitrogens with two attached hydrogens (primary N) is 1. The Morgan fingerprint density at radius 1 is 1.16 bits per heavy atom. The molecule has 0 fully saturated rings. The van der Waals surface area contributed by atoms with Crippen LogP contribution in [-0.2, 0) is 6.42 Å². The Morgan fingerprint density at radius 2 is 2.00 bits per heavy atom. The number of hydrogen-bond donors (Lipinski definition) is 1. The van der Waals surface area contributed by atoms with E-state index in [1.165, 1.54) is 11.6 Å². The molecule has 0 unspecified atom stereocenters. The van der Waals surface area contributed by atoms with E-state index in [2.05, 4.69) is 15.9 Å². The molecule has 4 heteroatoms.